The lowest BCUT2D eigenvalue weighted by Gasteiger charge is -2.02. The van der Waals surface area contributed by atoms with Crippen LogP contribution in [0.4, 0.5) is 0 Å². The van der Waals surface area contributed by atoms with Crippen molar-refractivity contribution >= 4 is 23.2 Å². The number of ether oxygens (including phenoxy) is 1. The molecule has 2 rings (SSSR count). The Labute approximate surface area is 135 Å². The van der Waals surface area contributed by atoms with Crippen molar-refractivity contribution < 1.29 is 9.53 Å². The van der Waals surface area contributed by atoms with Gasteiger partial charge in [-0.25, -0.2) is 14.8 Å². The van der Waals surface area contributed by atoms with Gasteiger partial charge in [-0.2, -0.15) is 0 Å². The average molecular weight is 312 g/mol. The van der Waals surface area contributed by atoms with Crippen molar-refractivity contribution in [3.05, 3.63) is 47.9 Å². The minimum atomic E-state index is -0.457. The summed E-state index contributed by atoms with van der Waals surface area (Å²) in [6, 6.07) is 7.89. The highest BCUT2D eigenvalue weighted by atomic mass is 16.5. The molecule has 0 saturated heterocycles. The van der Waals surface area contributed by atoms with E-state index >= 15 is 0 Å². The summed E-state index contributed by atoms with van der Waals surface area (Å²) in [7, 11) is 0. The number of hydrogen-bond acceptors (Lipinski definition) is 6. The third kappa shape index (κ3) is 4.88. The summed E-state index contributed by atoms with van der Waals surface area (Å²) in [4.78, 5) is 24.5. The first-order chi connectivity index (χ1) is 11.2. The Morgan fingerprint density at radius 1 is 1.39 bits per heavy atom. The molecule has 0 aliphatic heterocycles. The predicted octanol–water partition coefficient (Wildman–Crippen LogP) is 2.04. The Hall–Kier alpha value is -2.76. The zero-order valence-electron chi connectivity index (χ0n) is 13.1. The van der Waals surface area contributed by atoms with Crippen molar-refractivity contribution in [1.29, 1.82) is 0 Å². The molecule has 120 valence electrons. The fourth-order valence-electron chi connectivity index (χ4n) is 2.02. The quantitative estimate of drug-likeness (QED) is 0.366. The van der Waals surface area contributed by atoms with Crippen LogP contribution >= 0.6 is 0 Å². The van der Waals surface area contributed by atoms with Crippen molar-refractivity contribution in [1.82, 2.24) is 9.97 Å². The third-order valence-corrected chi connectivity index (χ3v) is 3.16. The van der Waals surface area contributed by atoms with E-state index in [1.54, 1.807) is 13.1 Å². The van der Waals surface area contributed by atoms with E-state index in [1.807, 2.05) is 24.3 Å². The summed E-state index contributed by atoms with van der Waals surface area (Å²) < 4.78 is 4.87. The summed E-state index contributed by atoms with van der Waals surface area (Å²) in [5.74, 6) is -0.457. The lowest BCUT2D eigenvalue weighted by molar-refractivity contribution is -0.137. The maximum absolute atomic E-state index is 11.5. The zero-order valence-corrected chi connectivity index (χ0v) is 13.1. The number of pyridine rings is 2. The van der Waals surface area contributed by atoms with Crippen molar-refractivity contribution in [2.45, 2.75) is 19.8 Å². The Kier molecular flexibility index (Phi) is 6.23. The summed E-state index contributed by atoms with van der Waals surface area (Å²) in [6.07, 6.45) is 6.01. The van der Waals surface area contributed by atoms with Gasteiger partial charge in [0, 0.05) is 36.2 Å². The number of aromatic nitrogens is 2. The number of aryl methyl sites for hydroxylation is 1. The van der Waals surface area contributed by atoms with Gasteiger partial charge < -0.3 is 10.5 Å². The zero-order chi connectivity index (χ0) is 16.5. The van der Waals surface area contributed by atoms with E-state index in [-0.39, 0.29) is 5.57 Å². The van der Waals surface area contributed by atoms with Crippen LogP contribution in [0.1, 0.15) is 19.0 Å². The Morgan fingerprint density at radius 3 is 3.04 bits per heavy atom. The minimum Gasteiger partial charge on any atom is -0.462 e. The van der Waals surface area contributed by atoms with E-state index in [1.165, 1.54) is 12.4 Å². The number of carbonyl (C=O) groups excluding carboxylic acids is 1. The van der Waals surface area contributed by atoms with E-state index < -0.39 is 5.97 Å². The first-order valence-electron chi connectivity index (χ1n) is 7.54. The van der Waals surface area contributed by atoms with Crippen LogP contribution in [0.2, 0.25) is 0 Å². The highest BCUT2D eigenvalue weighted by Crippen LogP contribution is 2.10. The number of fused-ring (bicyclic) bond motifs is 1. The molecule has 2 aromatic heterocycles. The van der Waals surface area contributed by atoms with E-state index in [2.05, 4.69) is 15.0 Å². The minimum absolute atomic E-state index is 0.264. The third-order valence-electron chi connectivity index (χ3n) is 3.16. The van der Waals surface area contributed by atoms with E-state index in [4.69, 9.17) is 10.5 Å². The molecule has 23 heavy (non-hydrogen) atoms. The molecule has 0 aromatic carbocycles. The molecule has 0 saturated carbocycles. The van der Waals surface area contributed by atoms with Gasteiger partial charge in [-0.05, 0) is 44.0 Å². The van der Waals surface area contributed by atoms with Crippen molar-refractivity contribution in [3.63, 3.8) is 0 Å². The van der Waals surface area contributed by atoms with Gasteiger partial charge in [-0.15, -0.1) is 0 Å². The number of hydrogen-bond donors (Lipinski definition) is 1. The van der Waals surface area contributed by atoms with Gasteiger partial charge in [0.15, 0.2) is 5.65 Å². The number of carbonyl (C=O) groups is 1. The van der Waals surface area contributed by atoms with Crippen LogP contribution in [0.5, 0.6) is 0 Å². The molecule has 2 N–H and O–H groups in total. The first-order valence-corrected chi connectivity index (χ1v) is 7.54. The second-order valence-corrected chi connectivity index (χ2v) is 4.83. The second-order valence-electron chi connectivity index (χ2n) is 4.83. The molecule has 0 aliphatic carbocycles. The van der Waals surface area contributed by atoms with Crippen LogP contribution in [-0.2, 0) is 16.0 Å². The molecular formula is C17H20N4O2. The molecule has 6 nitrogen and oxygen atoms in total. The van der Waals surface area contributed by atoms with Gasteiger partial charge in [0.05, 0.1) is 12.2 Å². The lowest BCUT2D eigenvalue weighted by atomic mass is 10.2. The molecule has 0 amide bonds. The number of rotatable bonds is 7. The molecule has 0 aliphatic rings. The molecule has 0 radical (unpaired) electrons. The Bertz CT molecular complexity index is 725. The van der Waals surface area contributed by atoms with Crippen LogP contribution in [0.15, 0.2) is 47.2 Å². The van der Waals surface area contributed by atoms with Crippen molar-refractivity contribution in [2.24, 2.45) is 10.7 Å². The van der Waals surface area contributed by atoms with E-state index in [0.717, 1.165) is 29.6 Å². The van der Waals surface area contributed by atoms with E-state index in [0.29, 0.717) is 13.2 Å². The normalized spacial score (nSPS) is 12.0. The van der Waals surface area contributed by atoms with Crippen LogP contribution < -0.4 is 5.73 Å². The van der Waals surface area contributed by atoms with E-state index in [9.17, 15) is 4.79 Å². The van der Waals surface area contributed by atoms with Crippen LogP contribution in [-0.4, -0.2) is 35.3 Å². The molecule has 2 aromatic rings. The molecule has 0 atom stereocenters. The van der Waals surface area contributed by atoms with Crippen molar-refractivity contribution in [3.8, 4) is 0 Å². The van der Waals surface area contributed by atoms with Crippen LogP contribution in [0.3, 0.4) is 0 Å². The van der Waals surface area contributed by atoms with Gasteiger partial charge in [0.1, 0.15) is 0 Å². The topological polar surface area (TPSA) is 90.5 Å². The lowest BCUT2D eigenvalue weighted by Crippen LogP contribution is -2.10. The van der Waals surface area contributed by atoms with Gasteiger partial charge in [-0.3, -0.25) is 4.99 Å². The fourth-order valence-corrected chi connectivity index (χ4v) is 2.02. The average Bonchev–Trinajstić information content (AvgIpc) is 2.58. The van der Waals surface area contributed by atoms with Crippen LogP contribution in [0.25, 0.3) is 11.0 Å². The summed E-state index contributed by atoms with van der Waals surface area (Å²) in [5, 5.41) is 1.03. The SMILES string of the molecule is CCOC(=O)C(C=NCCCc1ccc2cccnc2n1)=CN. The molecule has 0 unspecified atom stereocenters. The largest absolute Gasteiger partial charge is 0.462 e. The molecular weight excluding hydrogens is 292 g/mol. The number of nitrogens with zero attached hydrogens (tertiary/aromatic N) is 3. The summed E-state index contributed by atoms with van der Waals surface area (Å²) in [5.41, 5.74) is 7.39. The summed E-state index contributed by atoms with van der Waals surface area (Å²) >= 11 is 0. The standard InChI is InChI=1S/C17H20N4O2/c1-2-23-17(22)14(11-18)12-19-9-4-6-15-8-7-13-5-3-10-20-16(13)21-15/h3,5,7-8,10-12H,2,4,6,9,18H2,1H3. The van der Waals surface area contributed by atoms with Gasteiger partial charge in [0.2, 0.25) is 0 Å². The molecule has 2 heterocycles. The van der Waals surface area contributed by atoms with Gasteiger partial charge in [-0.1, -0.05) is 0 Å². The number of esters is 1. The van der Waals surface area contributed by atoms with Crippen molar-refractivity contribution in [2.75, 3.05) is 13.2 Å². The van der Waals surface area contributed by atoms with Gasteiger partial charge >= 0.3 is 5.97 Å². The van der Waals surface area contributed by atoms with Crippen LogP contribution in [0, 0.1) is 0 Å². The summed E-state index contributed by atoms with van der Waals surface area (Å²) in [6.45, 7) is 2.64. The second kappa shape index (κ2) is 8.63. The number of nitrogens with two attached hydrogens (primary N) is 1. The Balaban J connectivity index is 1.84. The van der Waals surface area contributed by atoms with Gasteiger partial charge in [0.25, 0.3) is 0 Å². The first kappa shape index (κ1) is 16.6. The fraction of sp³-hybridized carbons (Fsp3) is 0.294. The molecule has 0 bridgehead atoms. The maximum Gasteiger partial charge on any atom is 0.341 e. The smallest absolute Gasteiger partial charge is 0.341 e. The Morgan fingerprint density at radius 2 is 2.26 bits per heavy atom. The molecule has 0 spiro atoms. The monoisotopic (exact) mass is 312 g/mol. The highest BCUT2D eigenvalue weighted by molar-refractivity contribution is 6.09. The molecule has 0 fully saturated rings. The maximum atomic E-state index is 11.5. The number of aliphatic imine (C=N–C) groups is 1. The molecule has 6 heteroatoms. The predicted molar refractivity (Wildman–Crippen MR) is 90.1 cm³/mol. The highest BCUT2D eigenvalue weighted by Gasteiger charge is 2.06.